The summed E-state index contributed by atoms with van der Waals surface area (Å²) in [6, 6.07) is 18.9. The number of rotatable bonds is 7. The summed E-state index contributed by atoms with van der Waals surface area (Å²) in [5, 5.41) is 22.1. The second kappa shape index (κ2) is 10.2. The summed E-state index contributed by atoms with van der Waals surface area (Å²) in [5.41, 5.74) is 1.06. The Hall–Kier alpha value is -4.79. The molecule has 1 saturated heterocycles. The van der Waals surface area contributed by atoms with E-state index in [-0.39, 0.29) is 23.4 Å². The number of non-ortho nitro benzene ring substituents is 1. The standard InChI is InChI=1S/C27H22N2O7/c1-2-16-36-27(33)19-10-12-20(13-11-19)28-23(17-6-4-3-5-7-17)22(25(31)26(28)32)24(30)18-8-14-21(15-9-18)29(34)35/h3-15,23,30H,2,16H2,1H3/b24-22-. The number of carbonyl (C=O) groups excluding carboxylic acids is 3. The maximum atomic E-state index is 13.2. The third-order valence-electron chi connectivity index (χ3n) is 5.73. The minimum atomic E-state index is -0.959. The fraction of sp³-hybridized carbons (Fsp3) is 0.148. The van der Waals surface area contributed by atoms with Gasteiger partial charge in [-0.3, -0.25) is 24.6 Å². The Morgan fingerprint density at radius 1 is 0.972 bits per heavy atom. The molecule has 0 aromatic heterocycles. The number of Topliss-reactive ketones (excluding diaryl/α,β-unsaturated/α-hetero) is 1. The molecule has 1 aliphatic heterocycles. The first-order valence-corrected chi connectivity index (χ1v) is 11.2. The summed E-state index contributed by atoms with van der Waals surface area (Å²) in [6.45, 7) is 2.17. The molecule has 0 radical (unpaired) electrons. The molecule has 182 valence electrons. The summed E-state index contributed by atoms with van der Waals surface area (Å²) < 4.78 is 5.14. The average molecular weight is 486 g/mol. The first kappa shape index (κ1) is 24.3. The van der Waals surface area contributed by atoms with Gasteiger partial charge in [0.2, 0.25) is 0 Å². The van der Waals surface area contributed by atoms with Crippen LogP contribution in [-0.4, -0.2) is 34.3 Å². The van der Waals surface area contributed by atoms with E-state index in [9.17, 15) is 29.6 Å². The smallest absolute Gasteiger partial charge is 0.338 e. The van der Waals surface area contributed by atoms with Crippen LogP contribution in [0.15, 0.2) is 84.4 Å². The summed E-state index contributed by atoms with van der Waals surface area (Å²) in [4.78, 5) is 50.2. The van der Waals surface area contributed by atoms with Crippen LogP contribution in [0.1, 0.15) is 40.9 Å². The van der Waals surface area contributed by atoms with Crippen molar-refractivity contribution in [1.29, 1.82) is 0 Å². The molecule has 1 atom stereocenters. The first-order chi connectivity index (χ1) is 17.3. The molecule has 0 bridgehead atoms. The molecule has 1 unspecified atom stereocenters. The van der Waals surface area contributed by atoms with Gasteiger partial charge in [0.05, 0.1) is 28.7 Å². The molecule has 9 heteroatoms. The van der Waals surface area contributed by atoms with Crippen LogP contribution in [0.25, 0.3) is 5.76 Å². The van der Waals surface area contributed by atoms with Crippen molar-refractivity contribution in [3.05, 3.63) is 111 Å². The molecule has 1 aliphatic rings. The molecule has 0 saturated carbocycles. The molecule has 1 N–H and O–H groups in total. The number of esters is 1. The lowest BCUT2D eigenvalue weighted by molar-refractivity contribution is -0.384. The lowest BCUT2D eigenvalue weighted by Gasteiger charge is -2.25. The number of hydrogen-bond acceptors (Lipinski definition) is 7. The average Bonchev–Trinajstić information content (AvgIpc) is 3.17. The summed E-state index contributed by atoms with van der Waals surface area (Å²) in [5.74, 6) is -2.69. The van der Waals surface area contributed by atoms with Crippen molar-refractivity contribution in [2.45, 2.75) is 19.4 Å². The van der Waals surface area contributed by atoms with Crippen LogP contribution in [0.4, 0.5) is 11.4 Å². The van der Waals surface area contributed by atoms with Crippen LogP contribution in [0.2, 0.25) is 0 Å². The fourth-order valence-electron chi connectivity index (χ4n) is 3.98. The minimum Gasteiger partial charge on any atom is -0.507 e. The van der Waals surface area contributed by atoms with Crippen molar-refractivity contribution in [3.8, 4) is 0 Å². The summed E-state index contributed by atoms with van der Waals surface area (Å²) in [6.07, 6.45) is 0.681. The first-order valence-electron chi connectivity index (χ1n) is 11.2. The van der Waals surface area contributed by atoms with Gasteiger partial charge in [-0.2, -0.15) is 0 Å². The topological polar surface area (TPSA) is 127 Å². The zero-order valence-corrected chi connectivity index (χ0v) is 19.3. The Kier molecular flexibility index (Phi) is 6.91. The quantitative estimate of drug-likeness (QED) is 0.127. The zero-order valence-electron chi connectivity index (χ0n) is 19.3. The van der Waals surface area contributed by atoms with Crippen molar-refractivity contribution in [2.75, 3.05) is 11.5 Å². The lowest BCUT2D eigenvalue weighted by atomic mass is 9.95. The number of ketones is 1. The van der Waals surface area contributed by atoms with Crippen LogP contribution < -0.4 is 4.90 Å². The normalized spacial score (nSPS) is 16.7. The van der Waals surface area contributed by atoms with E-state index in [4.69, 9.17) is 4.74 Å². The Bertz CT molecular complexity index is 1350. The van der Waals surface area contributed by atoms with Gasteiger partial charge in [-0.05, 0) is 48.4 Å². The highest BCUT2D eigenvalue weighted by Gasteiger charge is 2.47. The summed E-state index contributed by atoms with van der Waals surface area (Å²) in [7, 11) is 0. The van der Waals surface area contributed by atoms with E-state index in [2.05, 4.69) is 0 Å². The van der Waals surface area contributed by atoms with Gasteiger partial charge in [0.15, 0.2) is 0 Å². The van der Waals surface area contributed by atoms with E-state index >= 15 is 0 Å². The molecule has 3 aromatic carbocycles. The van der Waals surface area contributed by atoms with Crippen LogP contribution in [-0.2, 0) is 14.3 Å². The molecule has 0 spiro atoms. The molecule has 0 aliphatic carbocycles. The highest BCUT2D eigenvalue weighted by Crippen LogP contribution is 2.42. The molecule has 1 fully saturated rings. The molecule has 1 heterocycles. The zero-order chi connectivity index (χ0) is 25.8. The van der Waals surface area contributed by atoms with Gasteiger partial charge in [-0.15, -0.1) is 0 Å². The number of anilines is 1. The number of carbonyl (C=O) groups is 3. The molecular formula is C27H22N2O7. The van der Waals surface area contributed by atoms with Crippen molar-refractivity contribution in [3.63, 3.8) is 0 Å². The highest BCUT2D eigenvalue weighted by molar-refractivity contribution is 6.51. The highest BCUT2D eigenvalue weighted by atomic mass is 16.6. The molecule has 3 aromatic rings. The molecular weight excluding hydrogens is 464 g/mol. The third-order valence-corrected chi connectivity index (χ3v) is 5.73. The van der Waals surface area contributed by atoms with E-state index < -0.39 is 34.4 Å². The maximum absolute atomic E-state index is 13.2. The minimum absolute atomic E-state index is 0.147. The van der Waals surface area contributed by atoms with Gasteiger partial charge in [0.1, 0.15) is 5.76 Å². The van der Waals surface area contributed by atoms with Gasteiger partial charge in [0.25, 0.3) is 17.4 Å². The summed E-state index contributed by atoms with van der Waals surface area (Å²) >= 11 is 0. The van der Waals surface area contributed by atoms with Crippen molar-refractivity contribution in [1.82, 2.24) is 0 Å². The van der Waals surface area contributed by atoms with E-state index in [0.717, 1.165) is 0 Å². The van der Waals surface area contributed by atoms with Crippen molar-refractivity contribution < 1.29 is 29.2 Å². The molecule has 9 nitrogen and oxygen atoms in total. The van der Waals surface area contributed by atoms with E-state index in [1.165, 1.54) is 53.4 Å². The number of aliphatic hydroxyl groups is 1. The molecule has 36 heavy (non-hydrogen) atoms. The number of nitrogens with zero attached hydrogens (tertiary/aromatic N) is 2. The SMILES string of the molecule is CCCOC(=O)c1ccc(N2C(=O)C(=O)/C(=C(\O)c3ccc([N+](=O)[O-])cc3)C2c2ccccc2)cc1. The Balaban J connectivity index is 1.79. The molecule has 4 rings (SSSR count). The second-order valence-corrected chi connectivity index (χ2v) is 8.07. The second-order valence-electron chi connectivity index (χ2n) is 8.07. The van der Waals surface area contributed by atoms with E-state index in [1.807, 2.05) is 6.92 Å². The van der Waals surface area contributed by atoms with Crippen molar-refractivity contribution >= 4 is 34.8 Å². The number of amides is 1. The van der Waals surface area contributed by atoms with Gasteiger partial charge < -0.3 is 9.84 Å². The lowest BCUT2D eigenvalue weighted by Crippen LogP contribution is -2.29. The third kappa shape index (κ3) is 4.58. The van der Waals surface area contributed by atoms with Gasteiger partial charge in [-0.25, -0.2) is 4.79 Å². The number of nitro benzene ring substituents is 1. The van der Waals surface area contributed by atoms with Crippen LogP contribution in [0.5, 0.6) is 0 Å². The van der Waals surface area contributed by atoms with Crippen molar-refractivity contribution in [2.24, 2.45) is 0 Å². The van der Waals surface area contributed by atoms with Gasteiger partial charge in [0, 0.05) is 23.4 Å². The number of benzene rings is 3. The van der Waals surface area contributed by atoms with E-state index in [1.54, 1.807) is 30.3 Å². The number of nitro groups is 1. The predicted octanol–water partition coefficient (Wildman–Crippen LogP) is 4.79. The fourth-order valence-corrected chi connectivity index (χ4v) is 3.98. The Labute approximate surface area is 206 Å². The number of ether oxygens (including phenoxy) is 1. The van der Waals surface area contributed by atoms with Crippen LogP contribution >= 0.6 is 0 Å². The number of aliphatic hydroxyl groups excluding tert-OH is 1. The predicted molar refractivity (Wildman–Crippen MR) is 131 cm³/mol. The number of hydrogen-bond donors (Lipinski definition) is 1. The van der Waals surface area contributed by atoms with Gasteiger partial charge in [-0.1, -0.05) is 37.3 Å². The molecule has 1 amide bonds. The van der Waals surface area contributed by atoms with Gasteiger partial charge >= 0.3 is 5.97 Å². The maximum Gasteiger partial charge on any atom is 0.338 e. The Morgan fingerprint density at radius 2 is 1.58 bits per heavy atom. The largest absolute Gasteiger partial charge is 0.507 e. The van der Waals surface area contributed by atoms with Crippen LogP contribution in [0.3, 0.4) is 0 Å². The monoisotopic (exact) mass is 486 g/mol. The van der Waals surface area contributed by atoms with Crippen LogP contribution in [0, 0.1) is 10.1 Å². The van der Waals surface area contributed by atoms with E-state index in [0.29, 0.717) is 23.2 Å². The Morgan fingerprint density at radius 3 is 2.17 bits per heavy atom.